The van der Waals surface area contributed by atoms with Gasteiger partial charge in [-0.15, -0.1) is 0 Å². The van der Waals surface area contributed by atoms with Gasteiger partial charge in [-0.05, 0) is 47.4 Å². The van der Waals surface area contributed by atoms with E-state index in [9.17, 15) is 4.57 Å². The van der Waals surface area contributed by atoms with Crippen LogP contribution in [0.25, 0.3) is 0 Å². The zero-order valence-electron chi connectivity index (χ0n) is 16.5. The van der Waals surface area contributed by atoms with Crippen LogP contribution in [0.1, 0.15) is 67.7 Å². The molecule has 0 N–H and O–H groups in total. The van der Waals surface area contributed by atoms with Gasteiger partial charge in [-0.3, -0.25) is 0 Å². The van der Waals surface area contributed by atoms with Gasteiger partial charge in [0.2, 0.25) is 0 Å². The van der Waals surface area contributed by atoms with Crippen molar-refractivity contribution < 1.29 is 4.57 Å². The van der Waals surface area contributed by atoms with E-state index in [2.05, 4.69) is 60.6 Å². The Kier molecular flexibility index (Phi) is 6.31. The van der Waals surface area contributed by atoms with E-state index in [0.29, 0.717) is 27.5 Å². The number of hydrogen-bond donors (Lipinski definition) is 0. The van der Waals surface area contributed by atoms with Crippen molar-refractivity contribution in [2.45, 2.75) is 89.4 Å². The maximum atomic E-state index is 13.2. The van der Waals surface area contributed by atoms with Crippen molar-refractivity contribution in [1.82, 2.24) is 0 Å². The van der Waals surface area contributed by atoms with Gasteiger partial charge in [-0.25, -0.2) is 0 Å². The average Bonchev–Trinajstić information content (AvgIpc) is 2.93. The highest BCUT2D eigenvalue weighted by atomic mass is 31.1. The lowest BCUT2D eigenvalue weighted by molar-refractivity contribution is 0.509. The molecule has 0 aliphatic heterocycles. The summed E-state index contributed by atoms with van der Waals surface area (Å²) in [7, 11) is -1.45. The normalized spacial score (nSPS) is 24.2. The van der Waals surface area contributed by atoms with E-state index in [1.165, 1.54) is 12.8 Å². The smallest absolute Gasteiger partial charge is 0.0923 e. The maximum Gasteiger partial charge on any atom is 0.380 e. The zero-order chi connectivity index (χ0) is 18.1. The average molecular weight is 365 g/mol. The van der Waals surface area contributed by atoms with Gasteiger partial charge in [0.25, 0.3) is 0 Å². The molecule has 1 aliphatic rings. The number of rotatable bonds is 4. The number of benzene rings is 1. The Balaban J connectivity index is 2.27. The van der Waals surface area contributed by atoms with Crippen molar-refractivity contribution in [3.05, 3.63) is 30.3 Å². The molecule has 1 aromatic rings. The van der Waals surface area contributed by atoms with Gasteiger partial charge in [0.15, 0.2) is 11.0 Å². The predicted molar refractivity (Wildman–Crippen MR) is 111 cm³/mol. The lowest BCUT2D eigenvalue weighted by atomic mass is 10.0. The van der Waals surface area contributed by atoms with Crippen LogP contribution < -0.4 is 5.30 Å². The molecular weight excluding hydrogens is 330 g/mol. The van der Waals surface area contributed by atoms with Crippen LogP contribution in [0.4, 0.5) is 0 Å². The topological polar surface area (TPSA) is 17.1 Å². The van der Waals surface area contributed by atoms with E-state index in [-0.39, 0.29) is 7.92 Å². The van der Waals surface area contributed by atoms with Crippen molar-refractivity contribution >= 4 is 21.0 Å². The molecule has 134 valence electrons. The molecule has 1 aliphatic carbocycles. The molecule has 1 aromatic carbocycles. The molecule has 1 saturated carbocycles. The molecule has 0 aromatic heterocycles. The highest BCUT2D eigenvalue weighted by Crippen LogP contribution is 2.66. The van der Waals surface area contributed by atoms with E-state index >= 15 is 0 Å². The first kappa shape index (κ1) is 20.1. The minimum atomic E-state index is -1.28. The summed E-state index contributed by atoms with van der Waals surface area (Å²) in [6.45, 7) is 16.9. The first-order chi connectivity index (χ1) is 11.0. The van der Waals surface area contributed by atoms with Crippen LogP contribution in [-0.2, 0) is 4.57 Å². The molecule has 0 heterocycles. The van der Waals surface area contributed by atoms with Crippen molar-refractivity contribution in [3.8, 4) is 0 Å². The van der Waals surface area contributed by atoms with E-state index in [0.717, 1.165) is 11.7 Å². The van der Waals surface area contributed by atoms with Crippen LogP contribution in [-0.4, -0.2) is 21.6 Å². The molecule has 0 spiro atoms. The Morgan fingerprint density at radius 1 is 1.00 bits per heavy atom. The predicted octanol–water partition coefficient (Wildman–Crippen LogP) is 6.78. The van der Waals surface area contributed by atoms with E-state index in [1.54, 1.807) is 0 Å². The largest absolute Gasteiger partial charge is 0.380 e. The molecular formula is C21H35OP2+. The molecule has 0 saturated heterocycles. The van der Waals surface area contributed by atoms with Crippen molar-refractivity contribution in [3.63, 3.8) is 0 Å². The summed E-state index contributed by atoms with van der Waals surface area (Å²) in [6, 6.07) is 10.2. The third-order valence-electron chi connectivity index (χ3n) is 5.32. The van der Waals surface area contributed by atoms with E-state index < -0.39 is 7.80 Å². The summed E-state index contributed by atoms with van der Waals surface area (Å²) in [5.74, 6) is 0.610. The molecule has 1 fully saturated rings. The van der Waals surface area contributed by atoms with E-state index in [1.807, 2.05) is 18.2 Å². The highest BCUT2D eigenvalue weighted by molar-refractivity contribution is 7.61. The van der Waals surface area contributed by atoms with Gasteiger partial charge in [0.1, 0.15) is 0 Å². The second-order valence-corrected chi connectivity index (χ2v) is 15.3. The molecule has 4 unspecified atom stereocenters. The molecule has 3 heteroatoms. The van der Waals surface area contributed by atoms with Crippen LogP contribution in [0, 0.1) is 5.92 Å². The molecule has 2 rings (SSSR count). The summed E-state index contributed by atoms with van der Waals surface area (Å²) in [4.78, 5) is 0. The van der Waals surface area contributed by atoms with Gasteiger partial charge in [-0.2, -0.15) is 0 Å². The van der Waals surface area contributed by atoms with Crippen molar-refractivity contribution in [2.24, 2.45) is 5.92 Å². The van der Waals surface area contributed by atoms with Crippen LogP contribution in [0.5, 0.6) is 0 Å². The molecule has 4 atom stereocenters. The highest BCUT2D eigenvalue weighted by Gasteiger charge is 2.50. The summed E-state index contributed by atoms with van der Waals surface area (Å²) < 4.78 is 13.2. The second kappa shape index (κ2) is 7.55. The fourth-order valence-corrected chi connectivity index (χ4v) is 12.4. The van der Waals surface area contributed by atoms with Crippen LogP contribution in [0.3, 0.4) is 0 Å². The van der Waals surface area contributed by atoms with Gasteiger partial charge in [0.05, 0.1) is 0 Å². The van der Waals surface area contributed by atoms with Gasteiger partial charge in [0, 0.05) is 5.92 Å². The van der Waals surface area contributed by atoms with Crippen LogP contribution >= 0.6 is 15.7 Å². The molecule has 0 amide bonds. The molecule has 0 radical (unpaired) electrons. The minimum absolute atomic E-state index is 0.164. The summed E-state index contributed by atoms with van der Waals surface area (Å²) in [5, 5.41) is 1.71. The Labute approximate surface area is 151 Å². The Hall–Kier alpha value is -0.250. The second-order valence-electron chi connectivity index (χ2n) is 9.28. The third-order valence-corrected chi connectivity index (χ3v) is 11.5. The van der Waals surface area contributed by atoms with Gasteiger partial charge >= 0.3 is 7.80 Å². The Morgan fingerprint density at radius 2 is 1.54 bits per heavy atom. The first-order valence-corrected chi connectivity index (χ1v) is 12.1. The lowest BCUT2D eigenvalue weighted by Crippen LogP contribution is -2.35. The zero-order valence-corrected chi connectivity index (χ0v) is 18.3. The maximum absolute atomic E-state index is 13.2. The van der Waals surface area contributed by atoms with Crippen LogP contribution in [0.2, 0.25) is 0 Å². The van der Waals surface area contributed by atoms with Crippen LogP contribution in [0.15, 0.2) is 30.3 Å². The summed E-state index contributed by atoms with van der Waals surface area (Å²) in [5.41, 5.74) is 1.03. The first-order valence-electron chi connectivity index (χ1n) is 9.34. The Bertz CT molecular complexity index is 539. The molecule has 1 nitrogen and oxygen atoms in total. The fourth-order valence-electron chi connectivity index (χ4n) is 5.01. The quantitative estimate of drug-likeness (QED) is 0.538. The SMILES string of the molecule is CC(C1CCCC1[P+](=O)c1ccccc1)P(C(C)(C)C)C(C)(C)C. The lowest BCUT2D eigenvalue weighted by Gasteiger charge is -2.47. The van der Waals surface area contributed by atoms with Gasteiger partial charge < -0.3 is 0 Å². The fraction of sp³-hybridized carbons (Fsp3) is 0.714. The van der Waals surface area contributed by atoms with E-state index in [4.69, 9.17) is 0 Å². The van der Waals surface area contributed by atoms with Gasteiger partial charge in [-0.1, -0.05) is 79.2 Å². The monoisotopic (exact) mass is 365 g/mol. The van der Waals surface area contributed by atoms with Crippen molar-refractivity contribution in [1.29, 1.82) is 0 Å². The number of hydrogen-bond acceptors (Lipinski definition) is 1. The summed E-state index contributed by atoms with van der Waals surface area (Å²) in [6.07, 6.45) is 3.63. The van der Waals surface area contributed by atoms with Crippen molar-refractivity contribution in [2.75, 3.05) is 0 Å². The molecule has 24 heavy (non-hydrogen) atoms. The standard InChI is InChI=1S/C21H35OP2/c1-16(24(20(2,3)4)21(5,6)7)18-14-11-15-19(18)23(22)17-12-9-8-10-13-17/h8-10,12-13,16,18-19H,11,14-15H2,1-7H3/q+1. The minimum Gasteiger partial charge on any atom is -0.0923 e. The third kappa shape index (κ3) is 4.47. The molecule has 0 bridgehead atoms. The summed E-state index contributed by atoms with van der Waals surface area (Å²) >= 11 is 0. The Morgan fingerprint density at radius 3 is 2.04 bits per heavy atom.